The summed E-state index contributed by atoms with van der Waals surface area (Å²) in [6.07, 6.45) is 0. The molecule has 0 fully saturated rings. The zero-order chi connectivity index (χ0) is 22.3. The van der Waals surface area contributed by atoms with Gasteiger partial charge in [-0.1, -0.05) is 26.0 Å². The van der Waals surface area contributed by atoms with Crippen LogP contribution in [0.3, 0.4) is 0 Å². The summed E-state index contributed by atoms with van der Waals surface area (Å²) >= 11 is 0. The lowest BCUT2D eigenvalue weighted by Gasteiger charge is -2.12. The van der Waals surface area contributed by atoms with E-state index in [-0.39, 0.29) is 6.61 Å². The standard InChI is InChI=1S/C23H27NO6/c1-14(2)19-9-8-18(10-16(19)4)29-13-22(26)30-12-21(25)24-20-11-17(23(27)28-5)7-6-15(20)3/h6-11,14H,12-13H2,1-5H3,(H,24,25). The highest BCUT2D eigenvalue weighted by molar-refractivity contribution is 5.96. The van der Waals surface area contributed by atoms with Gasteiger partial charge in [-0.15, -0.1) is 0 Å². The van der Waals surface area contributed by atoms with Crippen LogP contribution in [-0.2, 0) is 19.1 Å². The first-order valence-electron chi connectivity index (χ1n) is 9.59. The van der Waals surface area contributed by atoms with Crippen molar-refractivity contribution in [2.75, 3.05) is 25.6 Å². The molecule has 2 aromatic rings. The highest BCUT2D eigenvalue weighted by Crippen LogP contribution is 2.23. The first-order chi connectivity index (χ1) is 14.2. The van der Waals surface area contributed by atoms with Gasteiger partial charge in [-0.25, -0.2) is 9.59 Å². The first-order valence-corrected chi connectivity index (χ1v) is 9.59. The van der Waals surface area contributed by atoms with Crippen molar-refractivity contribution >= 4 is 23.5 Å². The third-order valence-corrected chi connectivity index (χ3v) is 4.52. The number of amides is 1. The quantitative estimate of drug-likeness (QED) is 0.663. The second-order valence-corrected chi connectivity index (χ2v) is 7.19. The predicted octanol–water partition coefficient (Wildman–Crippen LogP) is 3.77. The summed E-state index contributed by atoms with van der Waals surface area (Å²) in [6.45, 7) is 7.22. The maximum atomic E-state index is 12.1. The lowest BCUT2D eigenvalue weighted by molar-refractivity contribution is -0.149. The molecule has 7 heteroatoms. The van der Waals surface area contributed by atoms with Crippen LogP contribution in [-0.4, -0.2) is 38.2 Å². The highest BCUT2D eigenvalue weighted by Gasteiger charge is 2.13. The predicted molar refractivity (Wildman–Crippen MR) is 113 cm³/mol. The SMILES string of the molecule is COC(=O)c1ccc(C)c(NC(=O)COC(=O)COc2ccc(C(C)C)c(C)c2)c1. The van der Waals surface area contributed by atoms with Crippen molar-refractivity contribution in [3.63, 3.8) is 0 Å². The molecule has 0 aliphatic carbocycles. The molecule has 0 heterocycles. The molecule has 0 atom stereocenters. The lowest BCUT2D eigenvalue weighted by atomic mass is 9.98. The van der Waals surface area contributed by atoms with Gasteiger partial charge >= 0.3 is 11.9 Å². The summed E-state index contributed by atoms with van der Waals surface area (Å²) in [4.78, 5) is 35.6. The lowest BCUT2D eigenvalue weighted by Crippen LogP contribution is -2.24. The Kier molecular flexibility index (Phi) is 7.98. The van der Waals surface area contributed by atoms with Crippen LogP contribution in [0.5, 0.6) is 5.75 Å². The number of anilines is 1. The minimum atomic E-state index is -0.657. The second kappa shape index (κ2) is 10.4. The van der Waals surface area contributed by atoms with Crippen molar-refractivity contribution in [2.24, 2.45) is 0 Å². The zero-order valence-electron chi connectivity index (χ0n) is 17.9. The molecular formula is C23H27NO6. The van der Waals surface area contributed by atoms with E-state index in [0.29, 0.717) is 22.9 Å². The Labute approximate surface area is 176 Å². The molecule has 7 nitrogen and oxygen atoms in total. The van der Waals surface area contributed by atoms with Crippen molar-refractivity contribution < 1.29 is 28.6 Å². The van der Waals surface area contributed by atoms with Gasteiger partial charge in [0.2, 0.25) is 0 Å². The maximum Gasteiger partial charge on any atom is 0.344 e. The largest absolute Gasteiger partial charge is 0.482 e. The highest BCUT2D eigenvalue weighted by atomic mass is 16.6. The number of hydrogen-bond donors (Lipinski definition) is 1. The Hall–Kier alpha value is -3.35. The summed E-state index contributed by atoms with van der Waals surface area (Å²) in [5.41, 5.74) is 3.80. The molecule has 0 aliphatic heterocycles. The van der Waals surface area contributed by atoms with Crippen LogP contribution in [0.4, 0.5) is 5.69 Å². The summed E-state index contributed by atoms with van der Waals surface area (Å²) < 4.78 is 15.1. The number of benzene rings is 2. The maximum absolute atomic E-state index is 12.1. The molecule has 0 spiro atoms. The molecule has 0 aliphatic rings. The smallest absolute Gasteiger partial charge is 0.344 e. The van der Waals surface area contributed by atoms with Gasteiger partial charge in [0.25, 0.3) is 5.91 Å². The molecule has 0 bridgehead atoms. The number of carbonyl (C=O) groups excluding carboxylic acids is 3. The number of esters is 2. The minimum Gasteiger partial charge on any atom is -0.482 e. The number of hydrogen-bond acceptors (Lipinski definition) is 6. The number of rotatable bonds is 8. The van der Waals surface area contributed by atoms with E-state index < -0.39 is 24.5 Å². The van der Waals surface area contributed by atoms with Crippen LogP contribution in [0, 0.1) is 13.8 Å². The van der Waals surface area contributed by atoms with Gasteiger partial charge in [0.15, 0.2) is 13.2 Å². The third-order valence-electron chi connectivity index (χ3n) is 4.52. The van der Waals surface area contributed by atoms with Crippen LogP contribution >= 0.6 is 0 Å². The number of carbonyl (C=O) groups is 3. The van der Waals surface area contributed by atoms with E-state index in [9.17, 15) is 14.4 Å². The van der Waals surface area contributed by atoms with E-state index in [4.69, 9.17) is 9.47 Å². The van der Waals surface area contributed by atoms with Gasteiger partial charge in [0.05, 0.1) is 12.7 Å². The van der Waals surface area contributed by atoms with Crippen molar-refractivity contribution in [1.82, 2.24) is 0 Å². The van der Waals surface area contributed by atoms with Crippen LogP contribution in [0.1, 0.15) is 46.8 Å². The van der Waals surface area contributed by atoms with Crippen molar-refractivity contribution in [1.29, 1.82) is 0 Å². The summed E-state index contributed by atoms with van der Waals surface area (Å²) in [7, 11) is 1.28. The summed E-state index contributed by atoms with van der Waals surface area (Å²) in [5.74, 6) is -0.722. The van der Waals surface area contributed by atoms with Crippen molar-refractivity contribution in [3.8, 4) is 5.75 Å². The van der Waals surface area contributed by atoms with Gasteiger partial charge in [0, 0.05) is 5.69 Å². The second-order valence-electron chi connectivity index (χ2n) is 7.19. The van der Waals surface area contributed by atoms with Crippen LogP contribution in [0.15, 0.2) is 36.4 Å². The van der Waals surface area contributed by atoms with E-state index in [1.165, 1.54) is 18.7 Å². The molecular weight excluding hydrogens is 386 g/mol. The molecule has 0 radical (unpaired) electrons. The summed E-state index contributed by atoms with van der Waals surface area (Å²) in [6, 6.07) is 10.4. The molecule has 30 heavy (non-hydrogen) atoms. The topological polar surface area (TPSA) is 90.9 Å². The molecule has 1 N–H and O–H groups in total. The molecule has 2 aromatic carbocycles. The number of methoxy groups -OCH3 is 1. The van der Waals surface area contributed by atoms with Gasteiger partial charge in [-0.3, -0.25) is 4.79 Å². The molecule has 0 aromatic heterocycles. The molecule has 2 rings (SSSR count). The van der Waals surface area contributed by atoms with Crippen LogP contribution < -0.4 is 10.1 Å². The Morgan fingerprint density at radius 1 is 0.967 bits per heavy atom. The number of aryl methyl sites for hydroxylation is 2. The van der Waals surface area contributed by atoms with Gasteiger partial charge in [-0.05, 0) is 60.7 Å². The Bertz CT molecular complexity index is 935. The average Bonchev–Trinajstić information content (AvgIpc) is 2.71. The summed E-state index contributed by atoms with van der Waals surface area (Å²) in [5, 5.41) is 2.62. The van der Waals surface area contributed by atoms with E-state index in [1.807, 2.05) is 19.1 Å². The minimum absolute atomic E-state index is 0.301. The Balaban J connectivity index is 1.84. The Morgan fingerprint density at radius 2 is 1.70 bits per heavy atom. The molecule has 0 unspecified atom stereocenters. The van der Waals surface area contributed by atoms with E-state index in [1.54, 1.807) is 25.1 Å². The average molecular weight is 413 g/mol. The van der Waals surface area contributed by atoms with Gasteiger partial charge < -0.3 is 19.5 Å². The first kappa shape index (κ1) is 22.9. The number of ether oxygens (including phenoxy) is 3. The van der Waals surface area contributed by atoms with Gasteiger partial charge in [-0.2, -0.15) is 0 Å². The van der Waals surface area contributed by atoms with E-state index >= 15 is 0 Å². The number of nitrogens with one attached hydrogen (secondary N) is 1. The van der Waals surface area contributed by atoms with Gasteiger partial charge in [0.1, 0.15) is 5.75 Å². The van der Waals surface area contributed by atoms with E-state index in [0.717, 1.165) is 11.1 Å². The zero-order valence-corrected chi connectivity index (χ0v) is 17.9. The molecule has 0 saturated carbocycles. The molecule has 160 valence electrons. The Morgan fingerprint density at radius 3 is 2.33 bits per heavy atom. The van der Waals surface area contributed by atoms with Crippen LogP contribution in [0.25, 0.3) is 0 Å². The fraction of sp³-hybridized carbons (Fsp3) is 0.348. The fourth-order valence-electron chi connectivity index (χ4n) is 2.90. The normalized spacial score (nSPS) is 10.5. The van der Waals surface area contributed by atoms with Crippen LogP contribution in [0.2, 0.25) is 0 Å². The fourth-order valence-corrected chi connectivity index (χ4v) is 2.90. The molecule has 0 saturated heterocycles. The monoisotopic (exact) mass is 413 g/mol. The third kappa shape index (κ3) is 6.34. The molecule has 1 amide bonds. The van der Waals surface area contributed by atoms with Crippen molar-refractivity contribution in [3.05, 3.63) is 58.7 Å². The van der Waals surface area contributed by atoms with E-state index in [2.05, 4.69) is 23.9 Å². The van der Waals surface area contributed by atoms with Crippen molar-refractivity contribution in [2.45, 2.75) is 33.6 Å².